The van der Waals surface area contributed by atoms with Crippen molar-refractivity contribution in [2.45, 2.75) is 52.2 Å². The average molecular weight is 308 g/mol. The number of aromatic nitrogens is 2. The van der Waals surface area contributed by atoms with Gasteiger partial charge in [-0.1, -0.05) is 33.6 Å². The fraction of sp³-hybridized carbons (Fsp3) is 0.750. The van der Waals surface area contributed by atoms with Crippen LogP contribution in [0.25, 0.3) is 0 Å². The zero-order valence-electron chi connectivity index (χ0n) is 14.1. The van der Waals surface area contributed by atoms with Crippen molar-refractivity contribution in [3.05, 3.63) is 6.07 Å². The lowest BCUT2D eigenvalue weighted by Gasteiger charge is -2.40. The molecule has 1 aromatic rings. The average Bonchev–Trinajstić information content (AvgIpc) is 2.51. The summed E-state index contributed by atoms with van der Waals surface area (Å²) in [5, 5.41) is 0. The predicted molar refractivity (Wildman–Crippen MR) is 88.2 cm³/mol. The van der Waals surface area contributed by atoms with Crippen molar-refractivity contribution in [2.75, 3.05) is 30.8 Å². The summed E-state index contributed by atoms with van der Waals surface area (Å²) in [7, 11) is 1.59. The number of rotatable bonds is 6. The smallest absolute Gasteiger partial charge is 0.225 e. The quantitative estimate of drug-likeness (QED) is 0.870. The van der Waals surface area contributed by atoms with E-state index in [0.717, 1.165) is 25.3 Å². The fourth-order valence-electron chi connectivity index (χ4n) is 2.71. The molecule has 0 saturated carbocycles. The number of hydrogen-bond donors (Lipinski definition) is 1. The molecule has 2 atom stereocenters. The van der Waals surface area contributed by atoms with Gasteiger partial charge in [0.2, 0.25) is 11.8 Å². The highest BCUT2D eigenvalue weighted by Gasteiger charge is 2.30. The molecule has 2 rings (SSSR count). The van der Waals surface area contributed by atoms with E-state index in [-0.39, 0.29) is 18.2 Å². The number of anilines is 2. The third-order valence-corrected chi connectivity index (χ3v) is 4.05. The number of hydrogen-bond acceptors (Lipinski definition) is 6. The van der Waals surface area contributed by atoms with Crippen molar-refractivity contribution in [2.24, 2.45) is 5.92 Å². The molecule has 1 aliphatic rings. The minimum atomic E-state index is 0.206. The Hall–Kier alpha value is -1.56. The van der Waals surface area contributed by atoms with Crippen molar-refractivity contribution < 1.29 is 9.47 Å². The number of morpholine rings is 1. The number of nitrogens with zero attached hydrogens (tertiary/aromatic N) is 3. The van der Waals surface area contributed by atoms with Crippen LogP contribution in [0.2, 0.25) is 0 Å². The number of ether oxygens (including phenoxy) is 2. The second kappa shape index (κ2) is 7.63. The molecule has 6 heteroatoms. The minimum Gasteiger partial charge on any atom is -0.481 e. The van der Waals surface area contributed by atoms with Crippen LogP contribution < -0.4 is 15.4 Å². The van der Waals surface area contributed by atoms with E-state index in [4.69, 9.17) is 15.2 Å². The Morgan fingerprint density at radius 3 is 2.82 bits per heavy atom. The van der Waals surface area contributed by atoms with Crippen LogP contribution in [0.3, 0.4) is 0 Å². The van der Waals surface area contributed by atoms with Gasteiger partial charge in [0, 0.05) is 19.2 Å². The summed E-state index contributed by atoms with van der Waals surface area (Å²) in [5.74, 6) is 2.03. The number of nitrogen functional groups attached to an aromatic ring is 1. The molecule has 2 heterocycles. The van der Waals surface area contributed by atoms with E-state index in [0.29, 0.717) is 11.8 Å². The van der Waals surface area contributed by atoms with Crippen molar-refractivity contribution in [1.82, 2.24) is 9.97 Å². The maximum Gasteiger partial charge on any atom is 0.225 e. The number of methoxy groups -OCH3 is 1. The van der Waals surface area contributed by atoms with E-state index in [9.17, 15) is 0 Å². The van der Waals surface area contributed by atoms with Crippen LogP contribution in [0.4, 0.5) is 11.8 Å². The Balaban J connectivity index is 2.18. The second-order valence-corrected chi connectivity index (χ2v) is 6.21. The lowest BCUT2D eigenvalue weighted by Crippen LogP contribution is -2.50. The van der Waals surface area contributed by atoms with Crippen molar-refractivity contribution in [1.29, 1.82) is 0 Å². The zero-order valence-corrected chi connectivity index (χ0v) is 14.1. The van der Waals surface area contributed by atoms with Crippen LogP contribution in [0.1, 0.15) is 40.0 Å². The van der Waals surface area contributed by atoms with Crippen LogP contribution in [0, 0.1) is 5.92 Å². The molecule has 1 aliphatic heterocycles. The molecule has 0 aromatic carbocycles. The van der Waals surface area contributed by atoms with Gasteiger partial charge < -0.3 is 20.1 Å². The Morgan fingerprint density at radius 2 is 2.18 bits per heavy atom. The van der Waals surface area contributed by atoms with Crippen molar-refractivity contribution >= 4 is 11.8 Å². The first-order valence-electron chi connectivity index (χ1n) is 8.12. The minimum absolute atomic E-state index is 0.206. The second-order valence-electron chi connectivity index (χ2n) is 6.21. The van der Waals surface area contributed by atoms with Gasteiger partial charge in [-0.3, -0.25) is 0 Å². The summed E-state index contributed by atoms with van der Waals surface area (Å²) in [6.07, 6.45) is 3.88. The number of nitrogens with two attached hydrogens (primary N) is 1. The molecule has 0 spiro atoms. The Bertz CT molecular complexity index is 481. The molecule has 2 N–H and O–H groups in total. The van der Waals surface area contributed by atoms with Crippen LogP contribution in [-0.2, 0) is 4.74 Å². The largest absolute Gasteiger partial charge is 0.481 e. The SMILES string of the molecule is CCCC[C@@H]1CN(c2cc(OC)nc(N)n2)C[C@H](C(C)C)O1. The molecular weight excluding hydrogens is 280 g/mol. The summed E-state index contributed by atoms with van der Waals surface area (Å²) in [5.41, 5.74) is 5.79. The first kappa shape index (κ1) is 16.8. The maximum atomic E-state index is 6.24. The monoisotopic (exact) mass is 308 g/mol. The Labute approximate surface area is 133 Å². The van der Waals surface area contributed by atoms with Crippen LogP contribution in [-0.4, -0.2) is 42.4 Å². The molecule has 22 heavy (non-hydrogen) atoms. The molecule has 1 fully saturated rings. The summed E-state index contributed by atoms with van der Waals surface area (Å²) in [4.78, 5) is 10.7. The Kier molecular flexibility index (Phi) is 5.83. The van der Waals surface area contributed by atoms with Gasteiger partial charge in [-0.15, -0.1) is 0 Å². The van der Waals surface area contributed by atoms with Crippen LogP contribution in [0.5, 0.6) is 5.88 Å². The molecule has 0 bridgehead atoms. The third kappa shape index (κ3) is 4.22. The highest BCUT2D eigenvalue weighted by Crippen LogP contribution is 2.26. The molecule has 1 aromatic heterocycles. The van der Waals surface area contributed by atoms with Crippen LogP contribution in [0.15, 0.2) is 6.07 Å². The molecule has 6 nitrogen and oxygen atoms in total. The van der Waals surface area contributed by atoms with Gasteiger partial charge in [-0.2, -0.15) is 9.97 Å². The first-order valence-corrected chi connectivity index (χ1v) is 8.12. The molecule has 0 radical (unpaired) electrons. The fourth-order valence-corrected chi connectivity index (χ4v) is 2.71. The molecule has 1 saturated heterocycles. The standard InChI is InChI=1S/C16H28N4O2/c1-5-6-7-12-9-20(10-13(22-12)11(2)3)14-8-15(21-4)19-16(17)18-14/h8,11-13H,5-7,9-10H2,1-4H3,(H2,17,18,19)/t12-,13-/m1/s1. The molecule has 124 valence electrons. The van der Waals surface area contributed by atoms with Crippen molar-refractivity contribution in [3.63, 3.8) is 0 Å². The third-order valence-electron chi connectivity index (χ3n) is 4.05. The lowest BCUT2D eigenvalue weighted by molar-refractivity contribution is -0.0521. The summed E-state index contributed by atoms with van der Waals surface area (Å²) in [6.45, 7) is 8.25. The van der Waals surface area contributed by atoms with E-state index in [2.05, 4.69) is 35.6 Å². The van der Waals surface area contributed by atoms with Gasteiger partial charge >= 0.3 is 0 Å². The van der Waals surface area contributed by atoms with E-state index in [1.807, 2.05) is 6.07 Å². The molecule has 0 unspecified atom stereocenters. The summed E-state index contributed by atoms with van der Waals surface area (Å²) >= 11 is 0. The summed E-state index contributed by atoms with van der Waals surface area (Å²) < 4.78 is 11.4. The Morgan fingerprint density at radius 1 is 1.41 bits per heavy atom. The van der Waals surface area contributed by atoms with Crippen LogP contribution >= 0.6 is 0 Å². The van der Waals surface area contributed by atoms with Gasteiger partial charge in [0.25, 0.3) is 0 Å². The lowest BCUT2D eigenvalue weighted by atomic mass is 10.0. The molecule has 0 amide bonds. The van der Waals surface area contributed by atoms with E-state index in [1.54, 1.807) is 7.11 Å². The predicted octanol–water partition coefficient (Wildman–Crippen LogP) is 2.49. The number of unbranched alkanes of at least 4 members (excludes halogenated alkanes) is 1. The van der Waals surface area contributed by atoms with E-state index >= 15 is 0 Å². The van der Waals surface area contributed by atoms with Gasteiger partial charge in [-0.25, -0.2) is 0 Å². The topological polar surface area (TPSA) is 73.5 Å². The summed E-state index contributed by atoms with van der Waals surface area (Å²) in [6, 6.07) is 1.84. The maximum absolute atomic E-state index is 6.24. The van der Waals surface area contributed by atoms with Gasteiger partial charge in [0.1, 0.15) is 5.82 Å². The van der Waals surface area contributed by atoms with E-state index in [1.165, 1.54) is 12.8 Å². The highest BCUT2D eigenvalue weighted by molar-refractivity contribution is 5.46. The first-order chi connectivity index (χ1) is 10.5. The molecular formula is C16H28N4O2. The van der Waals surface area contributed by atoms with Gasteiger partial charge in [0.05, 0.1) is 19.3 Å². The zero-order chi connectivity index (χ0) is 16.1. The van der Waals surface area contributed by atoms with Crippen molar-refractivity contribution in [3.8, 4) is 5.88 Å². The van der Waals surface area contributed by atoms with E-state index < -0.39 is 0 Å². The molecule has 0 aliphatic carbocycles. The van der Waals surface area contributed by atoms with Gasteiger partial charge in [-0.05, 0) is 12.3 Å². The highest BCUT2D eigenvalue weighted by atomic mass is 16.5. The normalized spacial score (nSPS) is 22.1. The van der Waals surface area contributed by atoms with Gasteiger partial charge in [0.15, 0.2) is 0 Å².